The molecule has 0 saturated carbocycles. The molecular weight excluding hydrogens is 356 g/mol. The molecule has 3 unspecified atom stereocenters. The second-order valence-electron chi connectivity index (χ2n) is 8.93. The van der Waals surface area contributed by atoms with E-state index in [0.29, 0.717) is 18.6 Å². The van der Waals surface area contributed by atoms with E-state index >= 15 is 0 Å². The van der Waals surface area contributed by atoms with Crippen molar-refractivity contribution in [3.63, 3.8) is 0 Å². The van der Waals surface area contributed by atoms with Gasteiger partial charge in [0.2, 0.25) is 0 Å². The van der Waals surface area contributed by atoms with Gasteiger partial charge in [-0.05, 0) is 50.8 Å². The van der Waals surface area contributed by atoms with Crippen LogP contribution in [0.1, 0.15) is 83.6 Å². The number of ether oxygens (including phenoxy) is 1. The van der Waals surface area contributed by atoms with Crippen molar-refractivity contribution >= 4 is 5.97 Å². The number of phenols is 1. The molecule has 2 fully saturated rings. The molecule has 2 heterocycles. The van der Waals surface area contributed by atoms with E-state index in [4.69, 9.17) is 14.5 Å². The highest BCUT2D eigenvalue weighted by Gasteiger charge is 2.55. The molecule has 0 aromatic heterocycles. The van der Waals surface area contributed by atoms with E-state index in [2.05, 4.69) is 6.92 Å². The average Bonchev–Trinajstić information content (AvgIpc) is 2.94. The summed E-state index contributed by atoms with van der Waals surface area (Å²) in [5.41, 5.74) is 0.381. The maximum absolute atomic E-state index is 11.6. The molecule has 1 aromatic rings. The van der Waals surface area contributed by atoms with E-state index in [1.807, 2.05) is 19.1 Å². The predicted octanol–water partition coefficient (Wildman–Crippen LogP) is 5.24. The zero-order chi connectivity index (χ0) is 20.0. The molecular formula is C23H34O5. The Bertz CT molecular complexity index is 643. The highest BCUT2D eigenvalue weighted by Crippen LogP contribution is 2.44. The lowest BCUT2D eigenvalue weighted by molar-refractivity contribution is -0.428. The highest BCUT2D eigenvalue weighted by molar-refractivity contribution is 5.73. The summed E-state index contributed by atoms with van der Waals surface area (Å²) in [6.07, 6.45) is 11.2. The molecule has 0 radical (unpaired) electrons. The smallest absolute Gasteiger partial charge is 0.309 e. The van der Waals surface area contributed by atoms with Crippen molar-refractivity contribution in [1.29, 1.82) is 0 Å². The van der Waals surface area contributed by atoms with Gasteiger partial charge in [0.25, 0.3) is 0 Å². The summed E-state index contributed by atoms with van der Waals surface area (Å²) in [5, 5.41) is 9.30. The zero-order valence-corrected chi connectivity index (χ0v) is 17.2. The van der Waals surface area contributed by atoms with Crippen LogP contribution in [-0.4, -0.2) is 28.4 Å². The van der Waals surface area contributed by atoms with Crippen molar-refractivity contribution in [2.24, 2.45) is 0 Å². The molecule has 5 heteroatoms. The van der Waals surface area contributed by atoms with Crippen LogP contribution in [0.5, 0.6) is 5.75 Å². The van der Waals surface area contributed by atoms with Crippen LogP contribution in [-0.2, 0) is 25.7 Å². The van der Waals surface area contributed by atoms with Gasteiger partial charge >= 0.3 is 5.97 Å². The third-order valence-electron chi connectivity index (χ3n) is 6.08. The number of hydrogen-bond donors (Lipinski definition) is 1. The minimum Gasteiger partial charge on any atom is -0.508 e. The third-order valence-corrected chi connectivity index (χ3v) is 6.08. The Hall–Kier alpha value is -1.59. The van der Waals surface area contributed by atoms with Crippen LogP contribution in [0.25, 0.3) is 0 Å². The van der Waals surface area contributed by atoms with Crippen molar-refractivity contribution in [3.8, 4) is 5.75 Å². The van der Waals surface area contributed by atoms with E-state index < -0.39 is 5.60 Å². The molecule has 1 N–H and O–H groups in total. The van der Waals surface area contributed by atoms with Crippen LogP contribution in [0.3, 0.4) is 0 Å². The maximum atomic E-state index is 11.6. The molecule has 156 valence electrons. The number of unbranched alkanes of at least 4 members (excludes halogenated alkanes) is 6. The van der Waals surface area contributed by atoms with Gasteiger partial charge in [0, 0.05) is 6.42 Å². The van der Waals surface area contributed by atoms with E-state index in [1.54, 1.807) is 12.1 Å². The minimum atomic E-state index is -0.540. The number of carbonyl (C=O) groups is 1. The lowest BCUT2D eigenvalue weighted by Gasteiger charge is -2.43. The van der Waals surface area contributed by atoms with Gasteiger partial charge in [-0.1, -0.05) is 50.7 Å². The van der Waals surface area contributed by atoms with Crippen molar-refractivity contribution in [2.75, 3.05) is 0 Å². The maximum Gasteiger partial charge on any atom is 0.309 e. The van der Waals surface area contributed by atoms with Crippen LogP contribution in [0, 0.1) is 0 Å². The number of carbonyl (C=O) groups excluding carboxylic acids is 1. The molecule has 2 saturated heterocycles. The first kappa shape index (κ1) is 21.1. The Labute approximate surface area is 168 Å². The van der Waals surface area contributed by atoms with E-state index in [1.165, 1.54) is 44.1 Å². The molecule has 0 amide bonds. The van der Waals surface area contributed by atoms with E-state index in [-0.39, 0.29) is 17.7 Å². The summed E-state index contributed by atoms with van der Waals surface area (Å²) < 4.78 is 5.51. The Morgan fingerprint density at radius 1 is 1.00 bits per heavy atom. The number of benzene rings is 1. The Kier molecular flexibility index (Phi) is 7.00. The Morgan fingerprint density at radius 2 is 1.64 bits per heavy atom. The van der Waals surface area contributed by atoms with Crippen LogP contribution >= 0.6 is 0 Å². The molecule has 1 aromatic carbocycles. The Morgan fingerprint density at radius 3 is 2.36 bits per heavy atom. The molecule has 28 heavy (non-hydrogen) atoms. The largest absolute Gasteiger partial charge is 0.508 e. The van der Waals surface area contributed by atoms with Crippen LogP contribution in [0.4, 0.5) is 0 Å². The monoisotopic (exact) mass is 390 g/mol. The van der Waals surface area contributed by atoms with Gasteiger partial charge in [-0.2, -0.15) is 0 Å². The molecule has 2 aliphatic heterocycles. The number of hydrogen-bond acceptors (Lipinski definition) is 5. The number of aryl methyl sites for hydroxylation is 1. The van der Waals surface area contributed by atoms with Gasteiger partial charge in [-0.3, -0.25) is 4.79 Å². The molecule has 0 spiro atoms. The second kappa shape index (κ2) is 9.27. The Balaban J connectivity index is 1.23. The molecule has 3 atom stereocenters. The number of fused-ring (bicyclic) bond motifs is 1. The van der Waals surface area contributed by atoms with Crippen molar-refractivity contribution < 1.29 is 24.4 Å². The fourth-order valence-corrected chi connectivity index (χ4v) is 4.47. The van der Waals surface area contributed by atoms with E-state index in [9.17, 15) is 9.90 Å². The number of rotatable bonds is 10. The van der Waals surface area contributed by atoms with Gasteiger partial charge in [0.1, 0.15) is 23.1 Å². The number of aromatic hydroxyl groups is 1. The second-order valence-corrected chi connectivity index (χ2v) is 8.93. The van der Waals surface area contributed by atoms with Gasteiger partial charge in [0.05, 0.1) is 6.42 Å². The molecule has 2 aliphatic rings. The van der Waals surface area contributed by atoms with Crippen molar-refractivity contribution in [2.45, 2.75) is 102 Å². The molecule has 5 nitrogen and oxygen atoms in total. The summed E-state index contributed by atoms with van der Waals surface area (Å²) in [5.74, 6) is 0.145. The summed E-state index contributed by atoms with van der Waals surface area (Å²) >= 11 is 0. The average molecular weight is 391 g/mol. The standard InChI is InChI=1S/C23H34O5/c1-22(17-23(2)20(27-28-22)16-21(25)26-23)15-9-7-5-3-4-6-8-10-18-11-13-19(24)14-12-18/h11-14,20,24H,3-10,15-17H2,1-2H3. The number of phenolic OH excluding ortho intramolecular Hbond substituents is 1. The normalized spacial score (nSPS) is 29.5. The fourth-order valence-electron chi connectivity index (χ4n) is 4.47. The van der Waals surface area contributed by atoms with Crippen LogP contribution < -0.4 is 0 Å². The molecule has 0 aliphatic carbocycles. The van der Waals surface area contributed by atoms with Crippen molar-refractivity contribution in [3.05, 3.63) is 29.8 Å². The SMILES string of the molecule is CC1(CCCCCCCCCc2ccc(O)cc2)CC2(C)OC(=O)CC2OO1. The lowest BCUT2D eigenvalue weighted by Crippen LogP contribution is -2.51. The van der Waals surface area contributed by atoms with Gasteiger partial charge in [0.15, 0.2) is 0 Å². The fraction of sp³-hybridized carbons (Fsp3) is 0.696. The molecule has 0 bridgehead atoms. The third kappa shape index (κ3) is 5.71. The molecule has 3 rings (SSSR count). The van der Waals surface area contributed by atoms with Gasteiger partial charge < -0.3 is 9.84 Å². The number of esters is 1. The zero-order valence-electron chi connectivity index (χ0n) is 17.2. The minimum absolute atomic E-state index is 0.189. The highest BCUT2D eigenvalue weighted by atomic mass is 17.2. The van der Waals surface area contributed by atoms with Crippen LogP contribution in [0.15, 0.2) is 24.3 Å². The first-order chi connectivity index (χ1) is 13.4. The topological polar surface area (TPSA) is 65.0 Å². The summed E-state index contributed by atoms with van der Waals surface area (Å²) in [6, 6.07) is 7.52. The summed E-state index contributed by atoms with van der Waals surface area (Å²) in [7, 11) is 0. The first-order valence-corrected chi connectivity index (χ1v) is 10.7. The van der Waals surface area contributed by atoms with Gasteiger partial charge in [-0.15, -0.1) is 0 Å². The van der Waals surface area contributed by atoms with Gasteiger partial charge in [-0.25, -0.2) is 9.78 Å². The van der Waals surface area contributed by atoms with E-state index in [0.717, 1.165) is 19.3 Å². The lowest BCUT2D eigenvalue weighted by atomic mass is 9.82. The van der Waals surface area contributed by atoms with Crippen molar-refractivity contribution in [1.82, 2.24) is 0 Å². The summed E-state index contributed by atoms with van der Waals surface area (Å²) in [6.45, 7) is 4.02. The first-order valence-electron chi connectivity index (χ1n) is 10.7. The predicted molar refractivity (Wildman–Crippen MR) is 107 cm³/mol. The quantitative estimate of drug-likeness (QED) is 0.336. The van der Waals surface area contributed by atoms with Crippen LogP contribution in [0.2, 0.25) is 0 Å². The summed E-state index contributed by atoms with van der Waals surface area (Å²) in [4.78, 5) is 22.7.